The van der Waals surface area contributed by atoms with Crippen LogP contribution in [0.15, 0.2) is 30.7 Å². The van der Waals surface area contributed by atoms with Crippen molar-refractivity contribution >= 4 is 38.4 Å². The van der Waals surface area contributed by atoms with Crippen molar-refractivity contribution in [2.75, 3.05) is 5.73 Å². The second-order valence-electron chi connectivity index (χ2n) is 4.97. The van der Waals surface area contributed by atoms with Crippen LogP contribution in [0.3, 0.4) is 0 Å². The molecule has 0 bridgehead atoms. The molecular weight excluding hydrogens is 332 g/mol. The number of anilines is 1. The van der Waals surface area contributed by atoms with Crippen molar-refractivity contribution in [2.45, 2.75) is 6.43 Å². The van der Waals surface area contributed by atoms with Crippen molar-refractivity contribution in [2.24, 2.45) is 0 Å². The zero-order valence-corrected chi connectivity index (χ0v) is 12.9. The van der Waals surface area contributed by atoms with Crippen LogP contribution in [0.2, 0.25) is 0 Å². The van der Waals surface area contributed by atoms with E-state index in [1.165, 1.54) is 6.33 Å². The molecule has 0 radical (unpaired) electrons. The summed E-state index contributed by atoms with van der Waals surface area (Å²) in [5.74, 6) is 6.35. The molecule has 0 aliphatic rings. The maximum Gasteiger partial charge on any atom is 0.289 e. The van der Waals surface area contributed by atoms with E-state index in [-0.39, 0.29) is 5.01 Å². The average molecular weight is 341 g/mol. The maximum absolute atomic E-state index is 12.7. The summed E-state index contributed by atoms with van der Waals surface area (Å²) in [5.41, 5.74) is 8.34. The quantitative estimate of drug-likeness (QED) is 0.519. The summed E-state index contributed by atoms with van der Waals surface area (Å²) >= 11 is 0.986. The Morgan fingerprint density at radius 2 is 2.08 bits per heavy atom. The number of nitrogens with one attached hydrogen (secondary N) is 1. The maximum atomic E-state index is 12.7. The van der Waals surface area contributed by atoms with E-state index in [4.69, 9.17) is 5.73 Å². The Bertz CT molecular complexity index is 1120. The summed E-state index contributed by atoms with van der Waals surface area (Å²) < 4.78 is 26.1. The van der Waals surface area contributed by atoms with Crippen molar-refractivity contribution in [3.8, 4) is 11.8 Å². The van der Waals surface area contributed by atoms with Crippen LogP contribution in [-0.2, 0) is 0 Å². The largest absolute Gasteiger partial charge is 0.383 e. The number of aromatic amines is 1. The molecule has 1 aromatic carbocycles. The van der Waals surface area contributed by atoms with Gasteiger partial charge in [0.2, 0.25) is 0 Å². The van der Waals surface area contributed by atoms with Crippen molar-refractivity contribution in [3.05, 3.63) is 46.9 Å². The van der Waals surface area contributed by atoms with E-state index in [0.717, 1.165) is 11.3 Å². The molecule has 4 aromatic rings. The third kappa shape index (κ3) is 2.45. The first-order valence-electron chi connectivity index (χ1n) is 6.90. The molecule has 3 N–H and O–H groups in total. The summed E-state index contributed by atoms with van der Waals surface area (Å²) in [7, 11) is 0. The van der Waals surface area contributed by atoms with Gasteiger partial charge in [-0.1, -0.05) is 11.8 Å². The number of thiazole rings is 1. The Balaban J connectivity index is 1.75. The van der Waals surface area contributed by atoms with Crippen LogP contribution >= 0.6 is 11.3 Å². The number of nitrogen functional groups attached to an aromatic ring is 1. The minimum atomic E-state index is -2.56. The van der Waals surface area contributed by atoms with Gasteiger partial charge in [0, 0.05) is 11.8 Å². The topological polar surface area (TPSA) is 80.5 Å². The highest BCUT2D eigenvalue weighted by molar-refractivity contribution is 7.18. The van der Waals surface area contributed by atoms with E-state index in [0.29, 0.717) is 38.2 Å². The number of benzene rings is 1. The minimum Gasteiger partial charge on any atom is -0.383 e. The van der Waals surface area contributed by atoms with Crippen molar-refractivity contribution in [1.82, 2.24) is 19.9 Å². The first-order valence-corrected chi connectivity index (χ1v) is 7.71. The highest BCUT2D eigenvalue weighted by atomic mass is 32.1. The zero-order valence-electron chi connectivity index (χ0n) is 12.0. The Morgan fingerprint density at radius 3 is 2.92 bits per heavy atom. The van der Waals surface area contributed by atoms with Crippen molar-refractivity contribution < 1.29 is 8.78 Å². The van der Waals surface area contributed by atoms with Gasteiger partial charge in [0.15, 0.2) is 5.01 Å². The van der Waals surface area contributed by atoms with E-state index in [1.807, 2.05) is 0 Å². The molecular formula is C16H9F2N5S. The Kier molecular flexibility index (Phi) is 3.36. The fourth-order valence-corrected chi connectivity index (χ4v) is 3.14. The number of nitrogens with zero attached hydrogens (tertiary/aromatic N) is 3. The normalized spacial score (nSPS) is 11.1. The molecule has 0 saturated heterocycles. The van der Waals surface area contributed by atoms with Crippen LogP contribution in [0.4, 0.5) is 14.6 Å². The molecule has 8 heteroatoms. The number of hydrogen-bond acceptors (Lipinski definition) is 5. The number of fused-ring (bicyclic) bond motifs is 2. The summed E-state index contributed by atoms with van der Waals surface area (Å²) in [6.07, 6.45) is 0.521. The monoisotopic (exact) mass is 341 g/mol. The Labute approximate surface area is 138 Å². The molecule has 24 heavy (non-hydrogen) atoms. The van der Waals surface area contributed by atoms with Gasteiger partial charge in [-0.25, -0.2) is 23.7 Å². The van der Waals surface area contributed by atoms with Crippen LogP contribution in [0.5, 0.6) is 0 Å². The molecule has 3 heterocycles. The third-order valence-electron chi connectivity index (χ3n) is 3.43. The summed E-state index contributed by atoms with van der Waals surface area (Å²) in [5, 5.41) is 0.483. The van der Waals surface area contributed by atoms with E-state index in [9.17, 15) is 8.78 Å². The average Bonchev–Trinajstić information content (AvgIpc) is 3.17. The highest BCUT2D eigenvalue weighted by Crippen LogP contribution is 2.29. The van der Waals surface area contributed by atoms with Crippen molar-refractivity contribution in [1.29, 1.82) is 0 Å². The smallest absolute Gasteiger partial charge is 0.289 e. The van der Waals surface area contributed by atoms with Gasteiger partial charge >= 0.3 is 0 Å². The molecule has 0 fully saturated rings. The lowest BCUT2D eigenvalue weighted by Crippen LogP contribution is -1.92. The van der Waals surface area contributed by atoms with Crippen LogP contribution in [-0.4, -0.2) is 19.9 Å². The van der Waals surface area contributed by atoms with E-state index in [2.05, 4.69) is 31.8 Å². The second kappa shape index (κ2) is 5.54. The first kappa shape index (κ1) is 14.5. The summed E-state index contributed by atoms with van der Waals surface area (Å²) in [4.78, 5) is 15.0. The predicted molar refractivity (Wildman–Crippen MR) is 88.9 cm³/mol. The van der Waals surface area contributed by atoms with Gasteiger partial charge < -0.3 is 10.7 Å². The number of aromatic nitrogens is 4. The Morgan fingerprint density at radius 1 is 1.21 bits per heavy atom. The molecule has 0 aliphatic carbocycles. The van der Waals surface area contributed by atoms with Crippen LogP contribution in [0.1, 0.15) is 22.6 Å². The predicted octanol–water partition coefficient (Wildman–Crippen LogP) is 3.49. The van der Waals surface area contributed by atoms with Gasteiger partial charge in [0.25, 0.3) is 6.43 Å². The van der Waals surface area contributed by atoms with E-state index >= 15 is 0 Å². The molecule has 0 aliphatic heterocycles. The number of halogens is 2. The lowest BCUT2D eigenvalue weighted by Gasteiger charge is -1.94. The van der Waals surface area contributed by atoms with Crippen LogP contribution in [0.25, 0.3) is 21.3 Å². The standard InChI is InChI=1S/C16H9F2N5S/c17-13(18)16-23-10-5-8(2-4-11(10)24-16)1-3-9-6-20-15-12(9)14(19)21-7-22-15/h2,4-7,13H,(H3,19,20,21,22). The van der Waals surface area contributed by atoms with Crippen LogP contribution in [0, 0.1) is 11.8 Å². The lowest BCUT2D eigenvalue weighted by atomic mass is 10.2. The van der Waals surface area contributed by atoms with Gasteiger partial charge in [-0.3, -0.25) is 0 Å². The highest BCUT2D eigenvalue weighted by Gasteiger charge is 2.13. The SMILES string of the molecule is Nc1ncnc2[nH]cc(C#Cc3ccc4sc(C(F)F)nc4c3)c12. The lowest BCUT2D eigenvalue weighted by molar-refractivity contribution is 0.151. The second-order valence-corrected chi connectivity index (χ2v) is 6.03. The molecule has 0 amide bonds. The third-order valence-corrected chi connectivity index (χ3v) is 4.48. The molecule has 4 rings (SSSR count). The molecule has 0 spiro atoms. The summed E-state index contributed by atoms with van der Waals surface area (Å²) in [6.45, 7) is 0. The molecule has 0 atom stereocenters. The van der Waals surface area contributed by atoms with Gasteiger partial charge in [-0.05, 0) is 18.2 Å². The summed E-state index contributed by atoms with van der Waals surface area (Å²) in [6, 6.07) is 5.21. The molecule has 3 aromatic heterocycles. The Hall–Kier alpha value is -3.05. The van der Waals surface area contributed by atoms with Gasteiger partial charge in [0.1, 0.15) is 17.8 Å². The number of alkyl halides is 2. The van der Waals surface area contributed by atoms with E-state index < -0.39 is 6.43 Å². The van der Waals surface area contributed by atoms with E-state index in [1.54, 1.807) is 24.4 Å². The number of nitrogens with two attached hydrogens (primary N) is 1. The molecule has 0 unspecified atom stereocenters. The number of H-pyrrole nitrogens is 1. The number of rotatable bonds is 1. The zero-order chi connectivity index (χ0) is 16.7. The van der Waals surface area contributed by atoms with Crippen LogP contribution < -0.4 is 5.73 Å². The first-order chi connectivity index (χ1) is 11.6. The minimum absolute atomic E-state index is 0.184. The van der Waals surface area contributed by atoms with Crippen molar-refractivity contribution in [3.63, 3.8) is 0 Å². The molecule has 5 nitrogen and oxygen atoms in total. The molecule has 118 valence electrons. The molecule has 0 saturated carbocycles. The van der Waals surface area contributed by atoms with Gasteiger partial charge in [-0.15, -0.1) is 11.3 Å². The van der Waals surface area contributed by atoms with Gasteiger partial charge in [0.05, 0.1) is 21.2 Å². The van der Waals surface area contributed by atoms with Gasteiger partial charge in [-0.2, -0.15) is 0 Å². The fourth-order valence-electron chi connectivity index (χ4n) is 2.34. The number of hydrogen-bond donors (Lipinski definition) is 2. The fraction of sp³-hybridized carbons (Fsp3) is 0.0625.